The van der Waals surface area contributed by atoms with E-state index in [-0.39, 0.29) is 25.0 Å². The molecule has 2 aromatic rings. The molecule has 3 rings (SSSR count). The van der Waals surface area contributed by atoms with Gasteiger partial charge in [-0.1, -0.05) is 29.3 Å². The Bertz CT molecular complexity index is 799. The number of ether oxygens (including phenoxy) is 1. The molecule has 1 N–H and O–H groups in total. The molecule has 1 saturated heterocycles. The fourth-order valence-electron chi connectivity index (χ4n) is 3.33. The van der Waals surface area contributed by atoms with Gasteiger partial charge in [0.05, 0.1) is 18.1 Å². The highest BCUT2D eigenvalue weighted by molar-refractivity contribution is 6.35. The minimum absolute atomic E-state index is 0.0327. The first-order valence-electron chi connectivity index (χ1n) is 9.77. The second-order valence-electron chi connectivity index (χ2n) is 7.12. The van der Waals surface area contributed by atoms with Gasteiger partial charge in [-0.25, -0.2) is 4.98 Å². The molecule has 0 saturated carbocycles. The molecule has 156 valence electrons. The van der Waals surface area contributed by atoms with E-state index < -0.39 is 0 Å². The third kappa shape index (κ3) is 6.77. The number of carbonyl (C=O) groups excluding carboxylic acids is 1. The number of benzene rings is 1. The quantitative estimate of drug-likeness (QED) is 0.686. The van der Waals surface area contributed by atoms with E-state index in [0.29, 0.717) is 15.8 Å². The van der Waals surface area contributed by atoms with Crippen LogP contribution in [0.25, 0.3) is 0 Å². The van der Waals surface area contributed by atoms with E-state index in [9.17, 15) is 4.79 Å². The molecular weight excluding hydrogens is 411 g/mol. The molecule has 1 aromatic heterocycles. The zero-order valence-electron chi connectivity index (χ0n) is 16.5. The Labute approximate surface area is 181 Å². The summed E-state index contributed by atoms with van der Waals surface area (Å²) in [5.41, 5.74) is 0. The highest BCUT2D eigenvalue weighted by Crippen LogP contribution is 2.27. The van der Waals surface area contributed by atoms with Crippen molar-refractivity contribution in [1.29, 1.82) is 0 Å². The summed E-state index contributed by atoms with van der Waals surface area (Å²) >= 11 is 11.9. The van der Waals surface area contributed by atoms with Crippen molar-refractivity contribution in [2.75, 3.05) is 44.2 Å². The van der Waals surface area contributed by atoms with Crippen LogP contribution in [-0.4, -0.2) is 61.2 Å². The predicted molar refractivity (Wildman–Crippen MR) is 117 cm³/mol. The minimum atomic E-state index is -0.0327. The average molecular weight is 437 g/mol. The van der Waals surface area contributed by atoms with Gasteiger partial charge in [0.25, 0.3) is 0 Å². The Morgan fingerprint density at radius 3 is 2.69 bits per heavy atom. The molecule has 2 heterocycles. The maximum Gasteiger partial charge on any atom is 0.223 e. The van der Waals surface area contributed by atoms with Gasteiger partial charge in [-0.05, 0) is 37.3 Å². The van der Waals surface area contributed by atoms with Crippen molar-refractivity contribution in [2.24, 2.45) is 0 Å². The van der Waals surface area contributed by atoms with Crippen LogP contribution in [-0.2, 0) is 4.79 Å². The number of hydrogen-bond donors (Lipinski definition) is 1. The number of nitrogens with zero attached hydrogens (tertiary/aromatic N) is 3. The van der Waals surface area contributed by atoms with Crippen molar-refractivity contribution in [2.45, 2.75) is 19.4 Å². The summed E-state index contributed by atoms with van der Waals surface area (Å²) in [5, 5.41) is 4.03. The second kappa shape index (κ2) is 10.7. The first kappa shape index (κ1) is 21.7. The van der Waals surface area contributed by atoms with Crippen molar-refractivity contribution in [3.63, 3.8) is 0 Å². The Kier molecular flexibility index (Phi) is 7.98. The first-order chi connectivity index (χ1) is 14.0. The van der Waals surface area contributed by atoms with E-state index in [1.165, 1.54) is 0 Å². The van der Waals surface area contributed by atoms with Crippen molar-refractivity contribution in [1.82, 2.24) is 15.2 Å². The number of rotatable bonds is 8. The van der Waals surface area contributed by atoms with Crippen LogP contribution in [0.5, 0.6) is 5.75 Å². The summed E-state index contributed by atoms with van der Waals surface area (Å²) in [6.07, 6.45) is 2.10. The van der Waals surface area contributed by atoms with Crippen molar-refractivity contribution < 1.29 is 9.53 Å². The predicted octanol–water partition coefficient (Wildman–Crippen LogP) is 3.48. The molecule has 0 radical (unpaired) electrons. The summed E-state index contributed by atoms with van der Waals surface area (Å²) in [5.74, 6) is 1.52. The van der Waals surface area contributed by atoms with E-state index in [2.05, 4.69) is 20.1 Å². The van der Waals surface area contributed by atoms with Crippen LogP contribution in [0.3, 0.4) is 0 Å². The number of hydrogen-bond acceptors (Lipinski definition) is 5. The number of halogens is 2. The van der Waals surface area contributed by atoms with Crippen LogP contribution in [0, 0.1) is 0 Å². The van der Waals surface area contributed by atoms with Crippen LogP contribution < -0.4 is 15.0 Å². The normalized spacial score (nSPS) is 15.8. The van der Waals surface area contributed by atoms with Crippen molar-refractivity contribution in [3.8, 4) is 5.75 Å². The lowest BCUT2D eigenvalue weighted by Gasteiger charge is -2.36. The first-order valence-corrected chi connectivity index (χ1v) is 10.5. The molecule has 1 fully saturated rings. The van der Waals surface area contributed by atoms with Gasteiger partial charge in [0.15, 0.2) is 0 Å². The van der Waals surface area contributed by atoms with E-state index in [1.54, 1.807) is 18.2 Å². The molecular formula is C21H26Cl2N4O2. The number of piperazine rings is 1. The molecule has 1 aromatic carbocycles. The lowest BCUT2D eigenvalue weighted by molar-refractivity contribution is -0.122. The summed E-state index contributed by atoms with van der Waals surface area (Å²) < 4.78 is 5.57. The minimum Gasteiger partial charge on any atom is -0.491 e. The molecule has 1 aliphatic rings. The fourth-order valence-corrected chi connectivity index (χ4v) is 3.79. The van der Waals surface area contributed by atoms with Crippen LogP contribution in [0.4, 0.5) is 5.82 Å². The molecule has 1 atom stereocenters. The van der Waals surface area contributed by atoms with E-state index in [4.69, 9.17) is 27.9 Å². The number of anilines is 1. The number of aromatic nitrogens is 1. The molecule has 8 heteroatoms. The Hall–Kier alpha value is -2.02. The van der Waals surface area contributed by atoms with E-state index in [1.807, 2.05) is 31.3 Å². The maximum atomic E-state index is 12.2. The molecule has 1 unspecified atom stereocenters. The molecule has 0 bridgehead atoms. The van der Waals surface area contributed by atoms with Gasteiger partial charge < -0.3 is 15.0 Å². The highest BCUT2D eigenvalue weighted by atomic mass is 35.5. The second-order valence-corrected chi connectivity index (χ2v) is 7.96. The van der Waals surface area contributed by atoms with Crippen molar-refractivity contribution >= 4 is 34.9 Å². The van der Waals surface area contributed by atoms with Gasteiger partial charge >= 0.3 is 0 Å². The molecule has 6 nitrogen and oxygen atoms in total. The highest BCUT2D eigenvalue weighted by Gasteiger charge is 2.20. The smallest absolute Gasteiger partial charge is 0.223 e. The summed E-state index contributed by atoms with van der Waals surface area (Å²) in [6.45, 7) is 6.90. The average Bonchev–Trinajstić information content (AvgIpc) is 2.71. The zero-order chi connectivity index (χ0) is 20.6. The zero-order valence-corrected chi connectivity index (χ0v) is 18.0. The third-order valence-corrected chi connectivity index (χ3v) is 5.30. The van der Waals surface area contributed by atoms with Gasteiger partial charge in [-0.15, -0.1) is 0 Å². The van der Waals surface area contributed by atoms with Crippen LogP contribution in [0.15, 0.2) is 42.6 Å². The van der Waals surface area contributed by atoms with Crippen LogP contribution >= 0.6 is 23.2 Å². The summed E-state index contributed by atoms with van der Waals surface area (Å²) in [4.78, 5) is 21.3. The van der Waals surface area contributed by atoms with Gasteiger partial charge in [-0.2, -0.15) is 0 Å². The van der Waals surface area contributed by atoms with E-state index >= 15 is 0 Å². The largest absolute Gasteiger partial charge is 0.491 e. The van der Waals surface area contributed by atoms with Crippen LogP contribution in [0.1, 0.15) is 13.3 Å². The molecule has 0 spiro atoms. The molecule has 29 heavy (non-hydrogen) atoms. The monoisotopic (exact) mass is 436 g/mol. The topological polar surface area (TPSA) is 57.7 Å². The van der Waals surface area contributed by atoms with Gasteiger partial charge in [0, 0.05) is 50.0 Å². The molecule has 1 aliphatic heterocycles. The number of pyridine rings is 1. The van der Waals surface area contributed by atoms with Crippen molar-refractivity contribution in [3.05, 3.63) is 52.6 Å². The SMILES string of the molecule is CC(CN1CCN(c2ccccn2)CC1)NC(=O)CCOc1ccc(Cl)cc1Cl. The lowest BCUT2D eigenvalue weighted by atomic mass is 10.2. The maximum absolute atomic E-state index is 12.2. The third-order valence-electron chi connectivity index (χ3n) is 4.77. The van der Waals surface area contributed by atoms with E-state index in [0.717, 1.165) is 38.5 Å². The number of amides is 1. The van der Waals surface area contributed by atoms with Gasteiger partial charge in [0.2, 0.25) is 5.91 Å². The number of nitrogens with one attached hydrogen (secondary N) is 1. The summed E-state index contributed by atoms with van der Waals surface area (Å²) in [6, 6.07) is 11.1. The number of carbonyl (C=O) groups is 1. The van der Waals surface area contributed by atoms with Crippen LogP contribution in [0.2, 0.25) is 10.0 Å². The van der Waals surface area contributed by atoms with Gasteiger partial charge in [0.1, 0.15) is 11.6 Å². The Morgan fingerprint density at radius 1 is 1.21 bits per heavy atom. The Morgan fingerprint density at radius 2 is 2.00 bits per heavy atom. The standard InChI is InChI=1S/C21H26Cl2N4O2/c1-16(15-26-9-11-27(12-10-26)20-4-2-3-8-24-20)25-21(28)7-13-29-19-6-5-17(22)14-18(19)23/h2-6,8,14,16H,7,9-13,15H2,1H3,(H,25,28). The lowest BCUT2D eigenvalue weighted by Crippen LogP contribution is -2.51. The molecule has 1 amide bonds. The van der Waals surface area contributed by atoms with Gasteiger partial charge in [-0.3, -0.25) is 9.69 Å². The summed E-state index contributed by atoms with van der Waals surface area (Å²) in [7, 11) is 0. The fraction of sp³-hybridized carbons (Fsp3) is 0.429. The Balaban J connectivity index is 1.34. The molecule has 0 aliphatic carbocycles.